The van der Waals surface area contributed by atoms with Gasteiger partial charge in [-0.2, -0.15) is 13.9 Å². The standard InChI is InChI=1S/C18H18BrF2N3O2/c19-14-4-5-16(26-18(20)21)12(10-14)3-6-17(25)24-9-1-2-13(11-24)15-7-8-22-23-15/h3-8,10,13,18H,1-2,9,11H2,(H,22,23)/b6-3+. The highest BCUT2D eigenvalue weighted by Crippen LogP contribution is 2.27. The van der Waals surface area contributed by atoms with Crippen LogP contribution in [0.5, 0.6) is 5.75 Å². The van der Waals surface area contributed by atoms with Crippen molar-refractivity contribution in [2.24, 2.45) is 0 Å². The lowest BCUT2D eigenvalue weighted by Crippen LogP contribution is -2.38. The summed E-state index contributed by atoms with van der Waals surface area (Å²) in [5.74, 6) is 0.102. The number of nitrogens with zero attached hydrogens (tertiary/aromatic N) is 2. The lowest BCUT2D eigenvalue weighted by molar-refractivity contribution is -0.127. The van der Waals surface area contributed by atoms with E-state index in [1.54, 1.807) is 23.2 Å². The fraction of sp³-hybridized carbons (Fsp3) is 0.333. The van der Waals surface area contributed by atoms with Crippen LogP contribution in [0.15, 0.2) is 41.0 Å². The number of H-pyrrole nitrogens is 1. The molecule has 1 aliphatic rings. The van der Waals surface area contributed by atoms with E-state index in [1.807, 2.05) is 6.07 Å². The Labute approximate surface area is 158 Å². The van der Waals surface area contributed by atoms with E-state index in [1.165, 1.54) is 18.2 Å². The molecule has 1 aromatic carbocycles. The maximum Gasteiger partial charge on any atom is 0.387 e. The van der Waals surface area contributed by atoms with Crippen LogP contribution in [0, 0.1) is 0 Å². The van der Waals surface area contributed by atoms with E-state index in [2.05, 4.69) is 30.9 Å². The van der Waals surface area contributed by atoms with Crippen LogP contribution in [0.1, 0.15) is 30.0 Å². The zero-order valence-corrected chi connectivity index (χ0v) is 15.5. The number of aromatic amines is 1. The van der Waals surface area contributed by atoms with Crippen LogP contribution in [0.2, 0.25) is 0 Å². The topological polar surface area (TPSA) is 58.2 Å². The maximum atomic E-state index is 12.5. The van der Waals surface area contributed by atoms with Crippen LogP contribution < -0.4 is 4.74 Å². The molecule has 1 aromatic heterocycles. The van der Waals surface area contributed by atoms with Gasteiger partial charge in [0.2, 0.25) is 5.91 Å². The summed E-state index contributed by atoms with van der Waals surface area (Å²) in [5, 5.41) is 6.92. The van der Waals surface area contributed by atoms with Crippen LogP contribution in [-0.4, -0.2) is 40.7 Å². The van der Waals surface area contributed by atoms with Crippen molar-refractivity contribution in [3.05, 3.63) is 52.3 Å². The number of nitrogens with one attached hydrogen (secondary N) is 1. The SMILES string of the molecule is O=C(/C=C/c1cc(Br)ccc1OC(F)F)N1CCCC(c2ccn[nH]2)C1. The molecule has 0 saturated carbocycles. The van der Waals surface area contributed by atoms with Gasteiger partial charge in [-0.05, 0) is 43.2 Å². The summed E-state index contributed by atoms with van der Waals surface area (Å²) in [4.78, 5) is 14.3. The first-order valence-electron chi connectivity index (χ1n) is 8.23. The predicted octanol–water partition coefficient (Wildman–Crippen LogP) is 4.19. The number of carbonyl (C=O) groups excluding carboxylic acids is 1. The molecule has 1 saturated heterocycles. The second kappa shape index (κ2) is 8.44. The zero-order chi connectivity index (χ0) is 18.5. The van der Waals surface area contributed by atoms with Crippen LogP contribution in [0.4, 0.5) is 8.78 Å². The fourth-order valence-corrected chi connectivity index (χ4v) is 3.42. The van der Waals surface area contributed by atoms with Gasteiger partial charge in [0.1, 0.15) is 5.75 Å². The molecule has 8 heteroatoms. The van der Waals surface area contributed by atoms with Crippen LogP contribution >= 0.6 is 15.9 Å². The summed E-state index contributed by atoms with van der Waals surface area (Å²) < 4.78 is 30.3. The highest BCUT2D eigenvalue weighted by molar-refractivity contribution is 9.10. The summed E-state index contributed by atoms with van der Waals surface area (Å²) in [7, 11) is 0. The highest BCUT2D eigenvalue weighted by Gasteiger charge is 2.24. The zero-order valence-electron chi connectivity index (χ0n) is 13.9. The Balaban J connectivity index is 1.70. The van der Waals surface area contributed by atoms with Gasteiger partial charge in [-0.15, -0.1) is 0 Å². The third-order valence-electron chi connectivity index (χ3n) is 4.29. The molecule has 138 valence electrons. The van der Waals surface area contributed by atoms with Crippen molar-refractivity contribution in [2.45, 2.75) is 25.4 Å². The van der Waals surface area contributed by atoms with Gasteiger partial charge < -0.3 is 9.64 Å². The minimum absolute atomic E-state index is 0.0289. The van der Waals surface area contributed by atoms with Crippen molar-refractivity contribution in [1.82, 2.24) is 15.1 Å². The summed E-state index contributed by atoms with van der Waals surface area (Å²) >= 11 is 3.29. The highest BCUT2D eigenvalue weighted by atomic mass is 79.9. The predicted molar refractivity (Wildman–Crippen MR) is 97.0 cm³/mol. The summed E-state index contributed by atoms with van der Waals surface area (Å²) in [5.41, 5.74) is 1.43. The van der Waals surface area contributed by atoms with Crippen molar-refractivity contribution < 1.29 is 18.3 Å². The first-order valence-corrected chi connectivity index (χ1v) is 9.03. The molecule has 0 spiro atoms. The molecule has 26 heavy (non-hydrogen) atoms. The number of hydrogen-bond acceptors (Lipinski definition) is 3. The molecular weight excluding hydrogens is 408 g/mol. The number of carbonyl (C=O) groups is 1. The molecule has 1 atom stereocenters. The number of amides is 1. The summed E-state index contributed by atoms with van der Waals surface area (Å²) in [6, 6.07) is 6.60. The Kier molecular flexibility index (Phi) is 6.03. The first kappa shape index (κ1) is 18.6. The Morgan fingerprint density at radius 1 is 1.42 bits per heavy atom. The second-order valence-corrected chi connectivity index (χ2v) is 6.95. The van der Waals surface area contributed by atoms with Crippen LogP contribution in [0.25, 0.3) is 6.08 Å². The van der Waals surface area contributed by atoms with Crippen LogP contribution in [-0.2, 0) is 4.79 Å². The lowest BCUT2D eigenvalue weighted by atomic mass is 9.95. The molecule has 0 radical (unpaired) electrons. The number of aromatic nitrogens is 2. The molecule has 1 fully saturated rings. The third-order valence-corrected chi connectivity index (χ3v) is 4.78. The van der Waals surface area contributed by atoms with E-state index in [9.17, 15) is 13.6 Å². The number of halogens is 3. The molecule has 2 heterocycles. The lowest BCUT2D eigenvalue weighted by Gasteiger charge is -2.31. The number of benzene rings is 1. The quantitative estimate of drug-likeness (QED) is 0.730. The minimum atomic E-state index is -2.92. The Morgan fingerprint density at radius 2 is 2.27 bits per heavy atom. The summed E-state index contributed by atoms with van der Waals surface area (Å²) in [6.45, 7) is -1.65. The molecule has 1 N–H and O–H groups in total. The van der Waals surface area contributed by atoms with Gasteiger partial charge in [0, 0.05) is 47.0 Å². The Morgan fingerprint density at radius 3 is 3.00 bits per heavy atom. The fourth-order valence-electron chi connectivity index (χ4n) is 3.04. The van der Waals surface area contributed by atoms with Crippen molar-refractivity contribution >= 4 is 27.9 Å². The van der Waals surface area contributed by atoms with Gasteiger partial charge in [0.25, 0.3) is 0 Å². The van der Waals surface area contributed by atoms with Gasteiger partial charge in [0.05, 0.1) is 0 Å². The van der Waals surface area contributed by atoms with Crippen LogP contribution in [0.3, 0.4) is 0 Å². The van der Waals surface area contributed by atoms with Gasteiger partial charge in [-0.3, -0.25) is 9.89 Å². The maximum absolute atomic E-state index is 12.5. The molecule has 1 unspecified atom stereocenters. The number of likely N-dealkylation sites (tertiary alicyclic amines) is 1. The van der Waals surface area contributed by atoms with Crippen molar-refractivity contribution in [3.63, 3.8) is 0 Å². The van der Waals surface area contributed by atoms with E-state index in [0.717, 1.165) is 18.5 Å². The summed E-state index contributed by atoms with van der Waals surface area (Å²) in [6.07, 6.45) is 6.50. The van der Waals surface area contributed by atoms with E-state index in [4.69, 9.17) is 0 Å². The third kappa shape index (κ3) is 4.69. The molecule has 3 rings (SSSR count). The van der Waals surface area contributed by atoms with Gasteiger partial charge in [0.15, 0.2) is 0 Å². The number of piperidine rings is 1. The molecule has 1 amide bonds. The smallest absolute Gasteiger partial charge is 0.387 e. The number of alkyl halides is 2. The van der Waals surface area contributed by atoms with Gasteiger partial charge >= 0.3 is 6.61 Å². The number of ether oxygens (including phenoxy) is 1. The van der Waals surface area contributed by atoms with Gasteiger partial charge in [-0.1, -0.05) is 15.9 Å². The van der Waals surface area contributed by atoms with E-state index in [-0.39, 0.29) is 17.6 Å². The van der Waals surface area contributed by atoms with E-state index >= 15 is 0 Å². The average Bonchev–Trinajstić information content (AvgIpc) is 3.16. The van der Waals surface area contributed by atoms with E-state index in [0.29, 0.717) is 23.1 Å². The van der Waals surface area contributed by atoms with Crippen molar-refractivity contribution in [3.8, 4) is 5.75 Å². The molecule has 0 bridgehead atoms. The monoisotopic (exact) mass is 425 g/mol. The second-order valence-electron chi connectivity index (χ2n) is 6.03. The number of hydrogen-bond donors (Lipinski definition) is 1. The number of rotatable bonds is 5. The molecule has 2 aromatic rings. The first-order chi connectivity index (χ1) is 12.5. The Bertz CT molecular complexity index is 781. The van der Waals surface area contributed by atoms with Crippen molar-refractivity contribution in [2.75, 3.05) is 13.1 Å². The largest absolute Gasteiger partial charge is 0.434 e. The molecule has 1 aliphatic heterocycles. The average molecular weight is 426 g/mol. The Hall–Kier alpha value is -2.22. The van der Waals surface area contributed by atoms with E-state index < -0.39 is 6.61 Å². The minimum Gasteiger partial charge on any atom is -0.434 e. The van der Waals surface area contributed by atoms with Gasteiger partial charge in [-0.25, -0.2) is 0 Å². The molecule has 5 nitrogen and oxygen atoms in total. The van der Waals surface area contributed by atoms with Crippen molar-refractivity contribution in [1.29, 1.82) is 0 Å². The molecular formula is C18H18BrF2N3O2. The normalized spacial score (nSPS) is 17.8. The molecule has 0 aliphatic carbocycles.